The average Bonchev–Trinajstić information content (AvgIpc) is 2.64. The van der Waals surface area contributed by atoms with Gasteiger partial charge in [0.25, 0.3) is 5.91 Å². The molecule has 0 bridgehead atoms. The zero-order valence-electron chi connectivity index (χ0n) is 12.9. The van der Waals surface area contributed by atoms with E-state index in [0.29, 0.717) is 26.2 Å². The Balaban J connectivity index is 1.64. The van der Waals surface area contributed by atoms with Crippen molar-refractivity contribution >= 4 is 5.91 Å². The molecule has 1 atom stereocenters. The minimum absolute atomic E-state index is 0.0680. The van der Waals surface area contributed by atoms with E-state index in [1.54, 1.807) is 0 Å². The van der Waals surface area contributed by atoms with Crippen LogP contribution in [0.3, 0.4) is 0 Å². The third kappa shape index (κ3) is 3.41. The van der Waals surface area contributed by atoms with Crippen molar-refractivity contribution in [2.24, 2.45) is 0 Å². The number of rotatable bonds is 3. The van der Waals surface area contributed by atoms with E-state index in [9.17, 15) is 10.1 Å². The van der Waals surface area contributed by atoms with Gasteiger partial charge in [0.1, 0.15) is 6.04 Å². The number of amides is 1. The van der Waals surface area contributed by atoms with Gasteiger partial charge in [0.2, 0.25) is 0 Å². The first-order chi connectivity index (χ1) is 11.3. The van der Waals surface area contributed by atoms with E-state index in [1.165, 1.54) is 0 Å². The first-order valence-corrected chi connectivity index (χ1v) is 7.82. The normalized spacial score (nSPS) is 16.6. The quantitative estimate of drug-likeness (QED) is 0.876. The number of carbonyl (C=O) groups is 1. The fourth-order valence-corrected chi connectivity index (χ4v) is 2.95. The summed E-state index contributed by atoms with van der Waals surface area (Å²) >= 11 is 0. The summed E-state index contributed by atoms with van der Waals surface area (Å²) < 4.78 is 0. The average molecular weight is 305 g/mol. The molecule has 4 nitrogen and oxygen atoms in total. The number of carbonyl (C=O) groups excluding carboxylic acids is 1. The summed E-state index contributed by atoms with van der Waals surface area (Å²) in [5.74, 6) is 0.0680. The minimum atomic E-state index is -0.245. The summed E-state index contributed by atoms with van der Waals surface area (Å²) in [6, 6.07) is 21.3. The lowest BCUT2D eigenvalue weighted by molar-refractivity contribution is 0.0606. The lowest BCUT2D eigenvalue weighted by atomic mass is 10.1. The molecule has 1 aliphatic heterocycles. The van der Waals surface area contributed by atoms with E-state index in [2.05, 4.69) is 11.0 Å². The molecular weight excluding hydrogens is 286 g/mol. The Morgan fingerprint density at radius 2 is 1.48 bits per heavy atom. The highest BCUT2D eigenvalue weighted by molar-refractivity contribution is 5.94. The molecule has 1 aliphatic rings. The van der Waals surface area contributed by atoms with E-state index in [1.807, 2.05) is 65.6 Å². The molecule has 3 rings (SSSR count). The molecule has 4 heteroatoms. The molecule has 0 aliphatic carbocycles. The Bertz CT molecular complexity index is 686. The first-order valence-electron chi connectivity index (χ1n) is 7.82. The van der Waals surface area contributed by atoms with E-state index in [0.717, 1.165) is 11.1 Å². The van der Waals surface area contributed by atoms with Crippen LogP contribution < -0.4 is 0 Å². The van der Waals surface area contributed by atoms with Crippen molar-refractivity contribution in [1.82, 2.24) is 9.80 Å². The second-order valence-corrected chi connectivity index (χ2v) is 5.64. The fourth-order valence-electron chi connectivity index (χ4n) is 2.95. The lowest BCUT2D eigenvalue weighted by Crippen LogP contribution is -2.49. The molecule has 2 aromatic carbocycles. The van der Waals surface area contributed by atoms with E-state index < -0.39 is 0 Å². The van der Waals surface area contributed by atoms with Crippen molar-refractivity contribution in [3.8, 4) is 6.07 Å². The molecule has 23 heavy (non-hydrogen) atoms. The van der Waals surface area contributed by atoms with Crippen LogP contribution in [0.15, 0.2) is 60.7 Å². The number of hydrogen-bond donors (Lipinski definition) is 0. The maximum absolute atomic E-state index is 12.5. The fraction of sp³-hybridized carbons (Fsp3) is 0.263. The van der Waals surface area contributed by atoms with Gasteiger partial charge in [-0.3, -0.25) is 9.69 Å². The number of benzene rings is 2. The van der Waals surface area contributed by atoms with Crippen molar-refractivity contribution in [3.63, 3.8) is 0 Å². The Morgan fingerprint density at radius 1 is 0.913 bits per heavy atom. The Kier molecular flexibility index (Phi) is 4.70. The smallest absolute Gasteiger partial charge is 0.253 e. The largest absolute Gasteiger partial charge is 0.336 e. The van der Waals surface area contributed by atoms with Crippen LogP contribution in [0.2, 0.25) is 0 Å². The zero-order chi connectivity index (χ0) is 16.1. The molecule has 0 aromatic heterocycles. The molecule has 1 amide bonds. The summed E-state index contributed by atoms with van der Waals surface area (Å²) in [7, 11) is 0. The predicted molar refractivity (Wildman–Crippen MR) is 88.7 cm³/mol. The van der Waals surface area contributed by atoms with Crippen LogP contribution in [0.5, 0.6) is 0 Å². The van der Waals surface area contributed by atoms with Gasteiger partial charge in [0.05, 0.1) is 6.07 Å². The van der Waals surface area contributed by atoms with Gasteiger partial charge in [-0.2, -0.15) is 5.26 Å². The van der Waals surface area contributed by atoms with Crippen LogP contribution in [-0.4, -0.2) is 41.9 Å². The van der Waals surface area contributed by atoms with Crippen LogP contribution in [-0.2, 0) is 0 Å². The molecule has 0 unspecified atom stereocenters. The predicted octanol–water partition coefficient (Wildman–Crippen LogP) is 2.71. The zero-order valence-corrected chi connectivity index (χ0v) is 12.9. The molecule has 0 saturated carbocycles. The third-order valence-corrected chi connectivity index (χ3v) is 4.22. The summed E-state index contributed by atoms with van der Waals surface area (Å²) in [6.45, 7) is 2.73. The van der Waals surface area contributed by atoms with Gasteiger partial charge in [-0.15, -0.1) is 0 Å². The minimum Gasteiger partial charge on any atom is -0.336 e. The highest BCUT2D eigenvalue weighted by Crippen LogP contribution is 2.21. The van der Waals surface area contributed by atoms with Crippen molar-refractivity contribution in [2.45, 2.75) is 6.04 Å². The van der Waals surface area contributed by atoms with Crippen LogP contribution in [0.4, 0.5) is 0 Å². The molecule has 1 heterocycles. The number of piperazine rings is 1. The van der Waals surface area contributed by atoms with Gasteiger partial charge in [0.15, 0.2) is 0 Å². The molecular formula is C19H19N3O. The van der Waals surface area contributed by atoms with Gasteiger partial charge in [-0.25, -0.2) is 0 Å². The molecule has 1 fully saturated rings. The Hall–Kier alpha value is -2.64. The van der Waals surface area contributed by atoms with Crippen molar-refractivity contribution < 1.29 is 4.79 Å². The maximum Gasteiger partial charge on any atom is 0.253 e. The highest BCUT2D eigenvalue weighted by atomic mass is 16.2. The molecule has 0 spiro atoms. The monoisotopic (exact) mass is 305 g/mol. The van der Waals surface area contributed by atoms with E-state index in [4.69, 9.17) is 0 Å². The lowest BCUT2D eigenvalue weighted by Gasteiger charge is -2.37. The molecule has 0 N–H and O–H groups in total. The van der Waals surface area contributed by atoms with Gasteiger partial charge in [-0.1, -0.05) is 48.5 Å². The van der Waals surface area contributed by atoms with Gasteiger partial charge in [-0.05, 0) is 17.7 Å². The summed E-state index contributed by atoms with van der Waals surface area (Å²) in [4.78, 5) is 16.5. The van der Waals surface area contributed by atoms with E-state index >= 15 is 0 Å². The van der Waals surface area contributed by atoms with Crippen LogP contribution in [0.25, 0.3) is 0 Å². The van der Waals surface area contributed by atoms with Gasteiger partial charge in [0, 0.05) is 31.7 Å². The summed E-state index contributed by atoms with van der Waals surface area (Å²) in [5, 5.41) is 9.51. The van der Waals surface area contributed by atoms with Crippen molar-refractivity contribution in [2.75, 3.05) is 26.2 Å². The van der Waals surface area contributed by atoms with Crippen LogP contribution >= 0.6 is 0 Å². The maximum atomic E-state index is 12.5. The second-order valence-electron chi connectivity index (χ2n) is 5.64. The van der Waals surface area contributed by atoms with Crippen LogP contribution in [0.1, 0.15) is 22.0 Å². The highest BCUT2D eigenvalue weighted by Gasteiger charge is 2.27. The summed E-state index contributed by atoms with van der Waals surface area (Å²) in [6.07, 6.45) is 0. The first kappa shape index (κ1) is 15.3. The molecule has 2 aromatic rings. The number of hydrogen-bond acceptors (Lipinski definition) is 3. The van der Waals surface area contributed by atoms with Crippen molar-refractivity contribution in [3.05, 3.63) is 71.8 Å². The standard InChI is InChI=1S/C19H19N3O/c20-15-18(16-7-3-1-4-8-16)21-11-13-22(14-12-21)19(23)17-9-5-2-6-10-17/h1-10,18H,11-14H2/t18-/m1/s1. The van der Waals surface area contributed by atoms with Gasteiger partial charge < -0.3 is 4.90 Å². The number of nitriles is 1. The summed E-state index contributed by atoms with van der Waals surface area (Å²) in [5.41, 5.74) is 1.73. The van der Waals surface area contributed by atoms with Gasteiger partial charge >= 0.3 is 0 Å². The Morgan fingerprint density at radius 3 is 2.04 bits per heavy atom. The topological polar surface area (TPSA) is 47.3 Å². The Labute approximate surface area is 136 Å². The third-order valence-electron chi connectivity index (χ3n) is 4.22. The van der Waals surface area contributed by atoms with Crippen LogP contribution in [0, 0.1) is 11.3 Å². The second kappa shape index (κ2) is 7.08. The SMILES string of the molecule is N#C[C@H](c1ccccc1)N1CCN(C(=O)c2ccccc2)CC1. The van der Waals surface area contributed by atoms with Crippen molar-refractivity contribution in [1.29, 1.82) is 5.26 Å². The molecule has 0 radical (unpaired) electrons. The molecule has 1 saturated heterocycles. The molecule has 116 valence electrons. The number of nitrogens with zero attached hydrogens (tertiary/aromatic N) is 3. The van der Waals surface area contributed by atoms with E-state index in [-0.39, 0.29) is 11.9 Å².